The summed E-state index contributed by atoms with van der Waals surface area (Å²) in [7, 11) is -3.25. The van der Waals surface area contributed by atoms with Crippen LogP contribution < -0.4 is 5.32 Å². The van der Waals surface area contributed by atoms with Gasteiger partial charge in [0, 0.05) is 0 Å². The van der Waals surface area contributed by atoms with E-state index in [9.17, 15) is 4.57 Å². The summed E-state index contributed by atoms with van der Waals surface area (Å²) in [6.45, 7) is 11.0. The van der Waals surface area contributed by atoms with Crippen molar-refractivity contribution >= 4 is 7.60 Å². The van der Waals surface area contributed by atoms with Crippen LogP contribution in [0.25, 0.3) is 0 Å². The molecule has 1 aliphatic rings. The summed E-state index contributed by atoms with van der Waals surface area (Å²) < 4.78 is 26.1. The SMILES string of the molecule is CCCCCCCCCCNC1(P(=O)(OC(C)C)OC(C)C)CCCCCC1. The van der Waals surface area contributed by atoms with Crippen molar-refractivity contribution in [2.75, 3.05) is 6.54 Å². The standard InChI is InChI=1S/C23H48NO3P/c1-6-7-8-9-10-11-14-17-20-24-23(18-15-12-13-16-19-23)28(25,26-21(2)3)27-22(4)5/h21-22,24H,6-20H2,1-5H3. The van der Waals surface area contributed by atoms with Crippen LogP contribution in [-0.2, 0) is 13.6 Å². The molecule has 0 amide bonds. The molecule has 1 N–H and O–H groups in total. The first kappa shape index (κ1) is 26.1. The molecule has 0 saturated heterocycles. The Balaban J connectivity index is 2.66. The van der Waals surface area contributed by atoms with Crippen LogP contribution in [0.2, 0.25) is 0 Å². The Bertz CT molecular complexity index is 418. The van der Waals surface area contributed by atoms with Gasteiger partial charge >= 0.3 is 7.60 Å². The van der Waals surface area contributed by atoms with Crippen LogP contribution in [-0.4, -0.2) is 24.0 Å². The van der Waals surface area contributed by atoms with E-state index in [0.29, 0.717) is 0 Å². The van der Waals surface area contributed by atoms with E-state index < -0.39 is 12.9 Å². The Morgan fingerprint density at radius 1 is 0.786 bits per heavy atom. The zero-order valence-electron chi connectivity index (χ0n) is 19.4. The average Bonchev–Trinajstić information content (AvgIpc) is 2.86. The molecule has 1 fully saturated rings. The zero-order chi connectivity index (χ0) is 20.9. The first-order valence-corrected chi connectivity index (χ1v) is 13.6. The predicted octanol–water partition coefficient (Wildman–Crippen LogP) is 7.81. The summed E-state index contributed by atoms with van der Waals surface area (Å²) in [5, 5.41) is 3.21. The predicted molar refractivity (Wildman–Crippen MR) is 121 cm³/mol. The largest absolute Gasteiger partial charge is 0.351 e. The van der Waals surface area contributed by atoms with Gasteiger partial charge in [-0.1, -0.05) is 77.6 Å². The Labute approximate surface area is 175 Å². The lowest BCUT2D eigenvalue weighted by molar-refractivity contribution is 0.115. The lowest BCUT2D eigenvalue weighted by Crippen LogP contribution is -2.46. The molecule has 0 unspecified atom stereocenters. The van der Waals surface area contributed by atoms with E-state index in [1.165, 1.54) is 57.8 Å². The van der Waals surface area contributed by atoms with E-state index in [2.05, 4.69) is 12.2 Å². The molecule has 0 radical (unpaired) electrons. The van der Waals surface area contributed by atoms with Gasteiger partial charge in [-0.2, -0.15) is 0 Å². The molecule has 1 rings (SSSR count). The molecule has 0 aromatic heterocycles. The second-order valence-electron chi connectivity index (χ2n) is 9.15. The van der Waals surface area contributed by atoms with Crippen molar-refractivity contribution in [2.45, 2.75) is 142 Å². The number of rotatable bonds is 15. The van der Waals surface area contributed by atoms with E-state index in [1.54, 1.807) is 0 Å². The van der Waals surface area contributed by atoms with Gasteiger partial charge in [-0.25, -0.2) is 0 Å². The normalized spacial score (nSPS) is 18.0. The Kier molecular flexibility index (Phi) is 13.2. The van der Waals surface area contributed by atoms with E-state index >= 15 is 0 Å². The molecule has 4 nitrogen and oxygen atoms in total. The van der Waals surface area contributed by atoms with Crippen LogP contribution in [0.4, 0.5) is 0 Å². The summed E-state index contributed by atoms with van der Waals surface area (Å²) in [6.07, 6.45) is 16.6. The Morgan fingerprint density at radius 2 is 1.25 bits per heavy atom. The third-order valence-corrected chi connectivity index (χ3v) is 8.69. The topological polar surface area (TPSA) is 47.6 Å². The second kappa shape index (κ2) is 14.2. The minimum atomic E-state index is -3.25. The molecular weight excluding hydrogens is 369 g/mol. The molecule has 0 aromatic carbocycles. The van der Waals surface area contributed by atoms with Gasteiger partial charge < -0.3 is 14.4 Å². The molecule has 168 valence electrons. The maximum absolute atomic E-state index is 14.0. The molecule has 0 aliphatic heterocycles. The quantitative estimate of drug-likeness (QED) is 0.168. The number of hydrogen-bond acceptors (Lipinski definition) is 4. The van der Waals surface area contributed by atoms with Gasteiger partial charge in [0.1, 0.15) is 5.28 Å². The summed E-state index contributed by atoms with van der Waals surface area (Å²) in [5.41, 5.74) is 0. The summed E-state index contributed by atoms with van der Waals surface area (Å²) in [6, 6.07) is 0. The summed E-state index contributed by atoms with van der Waals surface area (Å²) in [5.74, 6) is 0. The number of nitrogens with one attached hydrogen (secondary N) is 1. The third-order valence-electron chi connectivity index (χ3n) is 5.64. The van der Waals surface area contributed by atoms with Gasteiger partial charge in [0.25, 0.3) is 0 Å². The smallest absolute Gasteiger partial charge is 0.305 e. The lowest BCUT2D eigenvalue weighted by atomic mass is 10.1. The highest BCUT2D eigenvalue weighted by molar-refractivity contribution is 7.55. The van der Waals surface area contributed by atoms with Crippen LogP contribution in [0.15, 0.2) is 0 Å². The van der Waals surface area contributed by atoms with Crippen molar-refractivity contribution in [3.8, 4) is 0 Å². The van der Waals surface area contributed by atoms with E-state index in [1.807, 2.05) is 27.7 Å². The fourth-order valence-electron chi connectivity index (χ4n) is 4.22. The molecule has 1 saturated carbocycles. The van der Waals surface area contributed by atoms with Crippen LogP contribution in [0.5, 0.6) is 0 Å². The first-order chi connectivity index (χ1) is 13.4. The van der Waals surface area contributed by atoms with E-state index in [0.717, 1.165) is 38.6 Å². The van der Waals surface area contributed by atoms with Crippen molar-refractivity contribution < 1.29 is 13.6 Å². The molecule has 28 heavy (non-hydrogen) atoms. The van der Waals surface area contributed by atoms with Crippen LogP contribution >= 0.6 is 7.60 Å². The highest BCUT2D eigenvalue weighted by Crippen LogP contribution is 2.64. The Morgan fingerprint density at radius 3 is 1.71 bits per heavy atom. The lowest BCUT2D eigenvalue weighted by Gasteiger charge is -2.41. The van der Waals surface area contributed by atoms with Crippen molar-refractivity contribution in [2.24, 2.45) is 0 Å². The minimum absolute atomic E-state index is 0.102. The molecule has 0 aromatic rings. The maximum Gasteiger partial charge on any atom is 0.351 e. The first-order valence-electron chi connectivity index (χ1n) is 12.1. The monoisotopic (exact) mass is 417 g/mol. The molecule has 0 atom stereocenters. The van der Waals surface area contributed by atoms with Gasteiger partial charge in [-0.3, -0.25) is 4.57 Å². The van der Waals surface area contributed by atoms with Crippen LogP contribution in [0, 0.1) is 0 Å². The van der Waals surface area contributed by atoms with Crippen molar-refractivity contribution in [3.63, 3.8) is 0 Å². The molecule has 0 bridgehead atoms. The van der Waals surface area contributed by atoms with Crippen molar-refractivity contribution in [1.82, 2.24) is 5.32 Å². The van der Waals surface area contributed by atoms with Gasteiger partial charge in [-0.15, -0.1) is 0 Å². The minimum Gasteiger partial charge on any atom is -0.305 e. The molecule has 0 heterocycles. The molecule has 0 spiro atoms. The second-order valence-corrected chi connectivity index (χ2v) is 11.4. The van der Waals surface area contributed by atoms with E-state index in [-0.39, 0.29) is 12.2 Å². The van der Waals surface area contributed by atoms with Crippen molar-refractivity contribution in [3.05, 3.63) is 0 Å². The Hall–Kier alpha value is 0.110. The third kappa shape index (κ3) is 9.28. The van der Waals surface area contributed by atoms with E-state index in [4.69, 9.17) is 9.05 Å². The fraction of sp³-hybridized carbons (Fsp3) is 1.00. The summed E-state index contributed by atoms with van der Waals surface area (Å²) in [4.78, 5) is 0. The number of hydrogen-bond donors (Lipinski definition) is 1. The fourth-order valence-corrected chi connectivity index (χ4v) is 6.96. The average molecular weight is 418 g/mol. The molecule has 5 heteroatoms. The van der Waals surface area contributed by atoms with Crippen molar-refractivity contribution in [1.29, 1.82) is 0 Å². The van der Waals surface area contributed by atoms with Crippen LogP contribution in [0.1, 0.15) is 125 Å². The maximum atomic E-state index is 14.0. The highest BCUT2D eigenvalue weighted by atomic mass is 31.2. The highest BCUT2D eigenvalue weighted by Gasteiger charge is 2.51. The molecule has 1 aliphatic carbocycles. The van der Waals surface area contributed by atoms with Gasteiger partial charge in [-0.05, 0) is 53.5 Å². The summed E-state index contributed by atoms with van der Waals surface area (Å²) >= 11 is 0. The van der Waals surface area contributed by atoms with Gasteiger partial charge in [0.2, 0.25) is 0 Å². The number of unbranched alkanes of at least 4 members (excludes halogenated alkanes) is 7. The molecular formula is C23H48NO3P. The van der Waals surface area contributed by atoms with Gasteiger partial charge in [0.05, 0.1) is 12.2 Å². The van der Waals surface area contributed by atoms with Gasteiger partial charge in [0.15, 0.2) is 0 Å². The van der Waals surface area contributed by atoms with Crippen LogP contribution in [0.3, 0.4) is 0 Å². The zero-order valence-corrected chi connectivity index (χ0v) is 20.3.